The number of hydrogen-bond acceptors (Lipinski definition) is 2. The predicted octanol–water partition coefficient (Wildman–Crippen LogP) is 5.38. The zero-order valence-electron chi connectivity index (χ0n) is 19.1. The molecule has 0 saturated heterocycles. The zero-order valence-corrected chi connectivity index (χ0v) is 19.1. The van der Waals surface area contributed by atoms with Crippen LogP contribution in [0.3, 0.4) is 0 Å². The molecule has 4 rings (SSSR count). The van der Waals surface area contributed by atoms with Crippen LogP contribution in [-0.2, 0) is 11.2 Å². The summed E-state index contributed by atoms with van der Waals surface area (Å²) in [5, 5.41) is 14.2. The van der Waals surface area contributed by atoms with Crippen LogP contribution in [0, 0.1) is 13.8 Å². The number of carboxylic acid groups (broad SMARTS) is 1. The van der Waals surface area contributed by atoms with Crippen LogP contribution in [0.25, 0.3) is 10.9 Å². The van der Waals surface area contributed by atoms with Crippen LogP contribution in [-0.4, -0.2) is 27.5 Å². The standard InChI is InChI=1S/C28H28N2O3/c1-18-13-19(2)15-20(14-18)16-24(23-17-29-25-12-8-7-11-22(23)25)28(3,27(32)33)30-26(31)21-9-5-4-6-10-21/h4-15,17,24,29H,16H2,1-3H3,(H,30,31)(H,32,33). The Morgan fingerprint density at radius 2 is 1.61 bits per heavy atom. The molecule has 33 heavy (non-hydrogen) atoms. The van der Waals surface area contributed by atoms with E-state index in [9.17, 15) is 14.7 Å². The van der Waals surface area contributed by atoms with Crippen molar-refractivity contribution in [2.75, 3.05) is 0 Å². The van der Waals surface area contributed by atoms with E-state index < -0.39 is 23.3 Å². The molecule has 1 aromatic heterocycles. The summed E-state index contributed by atoms with van der Waals surface area (Å²) in [5.74, 6) is -2.00. The lowest BCUT2D eigenvalue weighted by molar-refractivity contribution is -0.144. The number of rotatable bonds is 7. The van der Waals surface area contributed by atoms with Crippen molar-refractivity contribution in [3.05, 3.63) is 107 Å². The number of benzene rings is 3. The normalized spacial score (nSPS) is 13.9. The number of para-hydroxylation sites is 1. The minimum atomic E-state index is -1.55. The number of H-pyrrole nitrogens is 1. The average molecular weight is 441 g/mol. The molecule has 0 aliphatic rings. The van der Waals surface area contributed by atoms with Crippen LogP contribution in [0.5, 0.6) is 0 Å². The molecule has 0 aliphatic heterocycles. The Balaban J connectivity index is 1.83. The summed E-state index contributed by atoms with van der Waals surface area (Å²) in [6, 6.07) is 22.8. The molecule has 168 valence electrons. The van der Waals surface area contributed by atoms with Gasteiger partial charge < -0.3 is 15.4 Å². The molecular formula is C28H28N2O3. The summed E-state index contributed by atoms with van der Waals surface area (Å²) in [7, 11) is 0. The molecule has 1 amide bonds. The van der Waals surface area contributed by atoms with Crippen LogP contribution in [0.1, 0.15) is 45.5 Å². The first-order chi connectivity index (χ1) is 15.8. The molecule has 0 fully saturated rings. The SMILES string of the molecule is Cc1cc(C)cc(CC(c2c[nH]c3ccccc23)C(C)(NC(=O)c2ccccc2)C(=O)O)c1. The number of fused-ring (bicyclic) bond motifs is 1. The van der Waals surface area contributed by atoms with Gasteiger partial charge >= 0.3 is 5.97 Å². The molecule has 0 aliphatic carbocycles. The number of carbonyl (C=O) groups is 2. The Hall–Kier alpha value is -3.86. The fraction of sp³-hybridized carbons (Fsp3) is 0.214. The maximum absolute atomic E-state index is 13.1. The number of aryl methyl sites for hydroxylation is 2. The lowest BCUT2D eigenvalue weighted by Crippen LogP contribution is -2.56. The molecule has 5 heteroatoms. The van der Waals surface area contributed by atoms with Gasteiger partial charge in [0.25, 0.3) is 5.91 Å². The van der Waals surface area contributed by atoms with Crippen molar-refractivity contribution in [1.29, 1.82) is 0 Å². The van der Waals surface area contributed by atoms with Crippen molar-refractivity contribution < 1.29 is 14.7 Å². The van der Waals surface area contributed by atoms with E-state index in [2.05, 4.69) is 28.5 Å². The van der Waals surface area contributed by atoms with Gasteiger partial charge in [-0.2, -0.15) is 0 Å². The van der Waals surface area contributed by atoms with Crippen molar-refractivity contribution in [1.82, 2.24) is 10.3 Å². The number of aromatic amines is 1. The van der Waals surface area contributed by atoms with Crippen LogP contribution >= 0.6 is 0 Å². The van der Waals surface area contributed by atoms with Crippen molar-refractivity contribution in [2.45, 2.75) is 38.6 Å². The van der Waals surface area contributed by atoms with E-state index in [4.69, 9.17) is 0 Å². The van der Waals surface area contributed by atoms with Crippen LogP contribution in [0.2, 0.25) is 0 Å². The smallest absolute Gasteiger partial charge is 0.329 e. The molecule has 3 aromatic carbocycles. The summed E-state index contributed by atoms with van der Waals surface area (Å²) < 4.78 is 0. The summed E-state index contributed by atoms with van der Waals surface area (Å²) >= 11 is 0. The minimum Gasteiger partial charge on any atom is -0.479 e. The van der Waals surface area contributed by atoms with Gasteiger partial charge in [-0.05, 0) is 56.5 Å². The summed E-state index contributed by atoms with van der Waals surface area (Å²) in [6.45, 7) is 5.67. The van der Waals surface area contributed by atoms with E-state index in [1.54, 1.807) is 31.2 Å². The first kappa shape index (κ1) is 22.3. The van der Waals surface area contributed by atoms with E-state index in [-0.39, 0.29) is 0 Å². The van der Waals surface area contributed by atoms with E-state index in [0.29, 0.717) is 12.0 Å². The molecule has 2 atom stereocenters. The Labute approximate surface area is 193 Å². The number of carboxylic acids is 1. The number of nitrogens with one attached hydrogen (secondary N) is 2. The van der Waals surface area contributed by atoms with E-state index in [1.165, 1.54) is 0 Å². The molecule has 3 N–H and O–H groups in total. The van der Waals surface area contributed by atoms with E-state index >= 15 is 0 Å². The molecule has 0 spiro atoms. The maximum Gasteiger partial charge on any atom is 0.329 e. The van der Waals surface area contributed by atoms with Gasteiger partial charge in [0.15, 0.2) is 0 Å². The summed E-state index contributed by atoms with van der Waals surface area (Å²) in [4.78, 5) is 29.1. The van der Waals surface area contributed by atoms with Crippen LogP contribution < -0.4 is 5.32 Å². The number of hydrogen-bond donors (Lipinski definition) is 3. The Kier molecular flexibility index (Phi) is 6.05. The minimum absolute atomic E-state index is 0.411. The highest BCUT2D eigenvalue weighted by Gasteiger charge is 2.44. The monoisotopic (exact) mass is 440 g/mol. The Morgan fingerprint density at radius 1 is 0.970 bits per heavy atom. The van der Waals surface area contributed by atoms with Gasteiger partial charge in [-0.3, -0.25) is 4.79 Å². The molecule has 0 bridgehead atoms. The number of aromatic nitrogens is 1. The van der Waals surface area contributed by atoms with Crippen molar-refractivity contribution >= 4 is 22.8 Å². The van der Waals surface area contributed by atoms with Gasteiger partial charge in [0.2, 0.25) is 0 Å². The predicted molar refractivity (Wildman–Crippen MR) is 131 cm³/mol. The van der Waals surface area contributed by atoms with Crippen molar-refractivity contribution in [2.24, 2.45) is 0 Å². The summed E-state index contributed by atoms with van der Waals surface area (Å²) in [5.41, 5.74) is 3.94. The molecule has 1 heterocycles. The molecule has 2 unspecified atom stereocenters. The van der Waals surface area contributed by atoms with Gasteiger partial charge in [0.05, 0.1) is 0 Å². The Morgan fingerprint density at radius 3 is 2.27 bits per heavy atom. The molecule has 0 radical (unpaired) electrons. The third kappa shape index (κ3) is 4.53. The van der Waals surface area contributed by atoms with Gasteiger partial charge in [0.1, 0.15) is 5.54 Å². The second kappa shape index (κ2) is 8.94. The van der Waals surface area contributed by atoms with Gasteiger partial charge in [0, 0.05) is 28.6 Å². The number of amides is 1. The highest BCUT2D eigenvalue weighted by Crippen LogP contribution is 2.37. The highest BCUT2D eigenvalue weighted by atomic mass is 16.4. The van der Waals surface area contributed by atoms with Gasteiger partial charge in [-0.25, -0.2) is 4.79 Å². The zero-order chi connectivity index (χ0) is 23.6. The number of carbonyl (C=O) groups excluding carboxylic acids is 1. The highest BCUT2D eigenvalue weighted by molar-refractivity contribution is 5.98. The topological polar surface area (TPSA) is 82.2 Å². The first-order valence-corrected chi connectivity index (χ1v) is 11.0. The summed E-state index contributed by atoms with van der Waals surface area (Å²) in [6.07, 6.45) is 2.33. The number of aliphatic carboxylic acids is 1. The van der Waals surface area contributed by atoms with Gasteiger partial charge in [-0.1, -0.05) is 65.7 Å². The lowest BCUT2D eigenvalue weighted by atomic mass is 9.76. The molecular weight excluding hydrogens is 412 g/mol. The molecule has 4 aromatic rings. The fourth-order valence-electron chi connectivity index (χ4n) is 4.62. The van der Waals surface area contributed by atoms with Crippen molar-refractivity contribution in [3.8, 4) is 0 Å². The van der Waals surface area contributed by atoms with Crippen LogP contribution in [0.15, 0.2) is 79.0 Å². The quantitative estimate of drug-likeness (QED) is 0.361. The third-order valence-corrected chi connectivity index (χ3v) is 6.27. The second-order valence-electron chi connectivity index (χ2n) is 8.87. The third-order valence-electron chi connectivity index (χ3n) is 6.27. The van der Waals surface area contributed by atoms with Crippen LogP contribution in [0.4, 0.5) is 0 Å². The van der Waals surface area contributed by atoms with E-state index in [1.807, 2.05) is 50.4 Å². The lowest BCUT2D eigenvalue weighted by Gasteiger charge is -2.35. The average Bonchev–Trinajstić information content (AvgIpc) is 3.21. The maximum atomic E-state index is 13.1. The van der Waals surface area contributed by atoms with E-state index in [0.717, 1.165) is 33.2 Å². The first-order valence-electron chi connectivity index (χ1n) is 11.0. The molecule has 5 nitrogen and oxygen atoms in total. The molecule has 0 saturated carbocycles. The van der Waals surface area contributed by atoms with Gasteiger partial charge in [-0.15, -0.1) is 0 Å². The fourth-order valence-corrected chi connectivity index (χ4v) is 4.62. The Bertz CT molecular complexity index is 1290. The largest absolute Gasteiger partial charge is 0.479 e. The second-order valence-corrected chi connectivity index (χ2v) is 8.87. The van der Waals surface area contributed by atoms with Crippen molar-refractivity contribution in [3.63, 3.8) is 0 Å².